The van der Waals surface area contributed by atoms with Gasteiger partial charge in [0.1, 0.15) is 0 Å². The third-order valence-electron chi connectivity index (χ3n) is 4.55. The van der Waals surface area contributed by atoms with E-state index in [9.17, 15) is 8.78 Å². The molecule has 0 spiro atoms. The molecule has 0 aliphatic carbocycles. The molecule has 21 heavy (non-hydrogen) atoms. The Morgan fingerprint density at radius 2 is 1.24 bits per heavy atom. The molecular formula is C18H19ClF2. The molecule has 0 nitrogen and oxygen atoms in total. The molecule has 1 unspecified atom stereocenters. The summed E-state index contributed by atoms with van der Waals surface area (Å²) in [5, 5.41) is -0.488. The summed E-state index contributed by atoms with van der Waals surface area (Å²) in [7, 11) is 0. The quantitative estimate of drug-likeness (QED) is 0.612. The van der Waals surface area contributed by atoms with Crippen LogP contribution >= 0.6 is 11.6 Å². The van der Waals surface area contributed by atoms with Gasteiger partial charge in [0.25, 0.3) is 0 Å². The lowest BCUT2D eigenvalue weighted by atomic mass is 9.86. The molecule has 0 aliphatic rings. The average Bonchev–Trinajstić information content (AvgIpc) is 2.46. The first kappa shape index (κ1) is 16.0. The van der Waals surface area contributed by atoms with Crippen LogP contribution < -0.4 is 0 Å². The van der Waals surface area contributed by atoms with Crippen LogP contribution in [0.25, 0.3) is 0 Å². The van der Waals surface area contributed by atoms with E-state index in [2.05, 4.69) is 20.8 Å². The third kappa shape index (κ3) is 2.69. The maximum atomic E-state index is 13.4. The lowest BCUT2D eigenvalue weighted by molar-refractivity contribution is 0.507. The molecule has 0 radical (unpaired) electrons. The Bertz CT molecular complexity index is 676. The second kappa shape index (κ2) is 5.76. The molecular weight excluding hydrogens is 290 g/mol. The molecule has 1 atom stereocenters. The Morgan fingerprint density at radius 3 is 1.71 bits per heavy atom. The number of hydrogen-bond donors (Lipinski definition) is 0. The minimum Gasteiger partial charge on any atom is -0.204 e. The lowest BCUT2D eigenvalue weighted by Gasteiger charge is -2.22. The molecule has 2 aromatic rings. The second-order valence-electron chi connectivity index (χ2n) is 5.57. The van der Waals surface area contributed by atoms with Gasteiger partial charge in [0.2, 0.25) is 0 Å². The second-order valence-corrected chi connectivity index (χ2v) is 6.01. The first-order chi connectivity index (χ1) is 9.75. The third-order valence-corrected chi connectivity index (χ3v) is 5.02. The van der Waals surface area contributed by atoms with Crippen LogP contribution in [0.5, 0.6) is 0 Å². The van der Waals surface area contributed by atoms with Gasteiger partial charge >= 0.3 is 0 Å². The van der Waals surface area contributed by atoms with E-state index in [0.717, 1.165) is 22.8 Å². The topological polar surface area (TPSA) is 0 Å². The average molecular weight is 309 g/mol. The molecule has 0 bridgehead atoms. The van der Waals surface area contributed by atoms with Crippen molar-refractivity contribution >= 4 is 11.6 Å². The lowest BCUT2D eigenvalue weighted by Crippen LogP contribution is -2.06. The van der Waals surface area contributed by atoms with E-state index in [0.29, 0.717) is 5.56 Å². The molecule has 0 saturated carbocycles. The van der Waals surface area contributed by atoms with E-state index in [1.807, 2.05) is 13.8 Å². The Labute approximate surface area is 129 Å². The molecule has 0 fully saturated rings. The van der Waals surface area contributed by atoms with Crippen molar-refractivity contribution in [2.24, 2.45) is 0 Å². The van der Waals surface area contributed by atoms with E-state index in [4.69, 9.17) is 11.6 Å². The molecule has 0 saturated heterocycles. The maximum absolute atomic E-state index is 13.4. The van der Waals surface area contributed by atoms with Gasteiger partial charge in [-0.05, 0) is 85.7 Å². The molecule has 0 heterocycles. The summed E-state index contributed by atoms with van der Waals surface area (Å²) in [6.07, 6.45) is 0. The highest BCUT2D eigenvalue weighted by Gasteiger charge is 2.21. The first-order valence-electron chi connectivity index (χ1n) is 6.91. The van der Waals surface area contributed by atoms with Crippen LogP contribution in [0.15, 0.2) is 18.2 Å². The molecule has 0 amide bonds. The van der Waals surface area contributed by atoms with Crippen molar-refractivity contribution in [3.8, 4) is 0 Å². The van der Waals surface area contributed by atoms with Crippen LogP contribution in [0.4, 0.5) is 8.78 Å². The fraction of sp³-hybridized carbons (Fsp3) is 0.333. The van der Waals surface area contributed by atoms with E-state index in [1.165, 1.54) is 22.8 Å². The van der Waals surface area contributed by atoms with Gasteiger partial charge in [-0.25, -0.2) is 8.78 Å². The minimum atomic E-state index is -0.867. The smallest absolute Gasteiger partial charge is 0.159 e. The van der Waals surface area contributed by atoms with Crippen LogP contribution in [-0.2, 0) is 0 Å². The monoisotopic (exact) mass is 308 g/mol. The van der Waals surface area contributed by atoms with Gasteiger partial charge in [0.15, 0.2) is 11.6 Å². The summed E-state index contributed by atoms with van der Waals surface area (Å²) in [5.74, 6) is -1.72. The van der Waals surface area contributed by atoms with Crippen molar-refractivity contribution in [3.63, 3.8) is 0 Å². The van der Waals surface area contributed by atoms with Crippen LogP contribution in [0.3, 0.4) is 0 Å². The standard InChI is InChI=1S/C18H19ClF2/c1-9-10(2)12(4)17(13(5)11(9)3)18(19)14-6-7-15(20)16(21)8-14/h6-8,18H,1-5H3. The zero-order valence-electron chi connectivity index (χ0n) is 12.9. The summed E-state index contributed by atoms with van der Waals surface area (Å²) in [5.41, 5.74) is 7.43. The van der Waals surface area contributed by atoms with Gasteiger partial charge in [-0.2, -0.15) is 0 Å². The van der Waals surface area contributed by atoms with Crippen molar-refractivity contribution in [2.45, 2.75) is 40.0 Å². The van der Waals surface area contributed by atoms with Gasteiger partial charge < -0.3 is 0 Å². The highest BCUT2D eigenvalue weighted by atomic mass is 35.5. The number of alkyl halides is 1. The molecule has 0 aromatic heterocycles. The zero-order chi connectivity index (χ0) is 15.9. The summed E-state index contributed by atoms with van der Waals surface area (Å²) in [6.45, 7) is 10.3. The molecule has 0 N–H and O–H groups in total. The molecule has 2 aromatic carbocycles. The van der Waals surface area contributed by atoms with Gasteiger partial charge in [0.05, 0.1) is 5.38 Å². The molecule has 3 heteroatoms. The Hall–Kier alpha value is -1.41. The highest BCUT2D eigenvalue weighted by Crippen LogP contribution is 2.37. The van der Waals surface area contributed by atoms with E-state index >= 15 is 0 Å². The number of benzene rings is 2. The van der Waals surface area contributed by atoms with Gasteiger partial charge in [-0.3, -0.25) is 0 Å². The Morgan fingerprint density at radius 1 is 0.762 bits per heavy atom. The van der Waals surface area contributed by atoms with E-state index in [-0.39, 0.29) is 0 Å². The van der Waals surface area contributed by atoms with Crippen molar-refractivity contribution in [1.29, 1.82) is 0 Å². The minimum absolute atomic E-state index is 0.488. The van der Waals surface area contributed by atoms with E-state index < -0.39 is 17.0 Å². The fourth-order valence-corrected chi connectivity index (χ4v) is 3.21. The number of rotatable bonds is 2. The largest absolute Gasteiger partial charge is 0.204 e. The summed E-state index contributed by atoms with van der Waals surface area (Å²) in [6, 6.07) is 3.84. The predicted octanol–water partition coefficient (Wildman–Crippen LogP) is 5.84. The van der Waals surface area contributed by atoms with Crippen LogP contribution in [0.2, 0.25) is 0 Å². The Balaban J connectivity index is 2.63. The predicted molar refractivity (Wildman–Crippen MR) is 84.2 cm³/mol. The SMILES string of the molecule is Cc1c(C)c(C)c(C(Cl)c2ccc(F)c(F)c2)c(C)c1C. The van der Waals surface area contributed by atoms with Crippen LogP contribution in [0.1, 0.15) is 44.3 Å². The molecule has 112 valence electrons. The van der Waals surface area contributed by atoms with Crippen LogP contribution in [0, 0.1) is 46.3 Å². The van der Waals surface area contributed by atoms with Crippen molar-refractivity contribution in [2.75, 3.05) is 0 Å². The van der Waals surface area contributed by atoms with Crippen molar-refractivity contribution in [1.82, 2.24) is 0 Å². The van der Waals surface area contributed by atoms with Gasteiger partial charge in [0, 0.05) is 0 Å². The highest BCUT2D eigenvalue weighted by molar-refractivity contribution is 6.22. The first-order valence-corrected chi connectivity index (χ1v) is 7.35. The van der Waals surface area contributed by atoms with Gasteiger partial charge in [-0.15, -0.1) is 11.6 Å². The van der Waals surface area contributed by atoms with Crippen molar-refractivity contribution in [3.05, 3.63) is 68.8 Å². The molecule has 2 rings (SSSR count). The maximum Gasteiger partial charge on any atom is 0.159 e. The summed E-state index contributed by atoms with van der Waals surface area (Å²) < 4.78 is 26.5. The normalized spacial score (nSPS) is 12.6. The Kier molecular flexibility index (Phi) is 4.38. The number of halogens is 3. The molecule has 0 aliphatic heterocycles. The summed E-state index contributed by atoms with van der Waals surface area (Å²) >= 11 is 6.57. The number of hydrogen-bond acceptors (Lipinski definition) is 0. The van der Waals surface area contributed by atoms with E-state index in [1.54, 1.807) is 6.07 Å². The van der Waals surface area contributed by atoms with Crippen LogP contribution in [-0.4, -0.2) is 0 Å². The zero-order valence-corrected chi connectivity index (χ0v) is 13.7. The van der Waals surface area contributed by atoms with Gasteiger partial charge in [-0.1, -0.05) is 6.07 Å². The summed E-state index contributed by atoms with van der Waals surface area (Å²) in [4.78, 5) is 0. The van der Waals surface area contributed by atoms with Crippen molar-refractivity contribution < 1.29 is 8.78 Å². The fourth-order valence-electron chi connectivity index (χ4n) is 2.75.